The van der Waals surface area contributed by atoms with Crippen LogP contribution in [0.25, 0.3) is 0 Å². The number of nitrogens with one attached hydrogen (secondary N) is 2. The first-order valence-electron chi connectivity index (χ1n) is 10.2. The molecule has 0 unspecified atom stereocenters. The van der Waals surface area contributed by atoms with Crippen LogP contribution in [0.15, 0.2) is 65.7 Å². The standard InChI is InChI=1S/C23H27F3N4O.HI/c1-2-27-22(28-15-18-5-9-20(10-6-18)30-13-3-4-14-30)29-16-19-7-11-21(12-8-19)31-17-23(24,25)26;/h3-12H,2,13-17H2,1H3,(H2,27,28,29);1H. The van der Waals surface area contributed by atoms with Crippen molar-refractivity contribution in [2.24, 2.45) is 4.99 Å². The quantitative estimate of drug-likeness (QED) is 0.209. The van der Waals surface area contributed by atoms with E-state index in [9.17, 15) is 13.2 Å². The summed E-state index contributed by atoms with van der Waals surface area (Å²) in [4.78, 5) is 6.85. The summed E-state index contributed by atoms with van der Waals surface area (Å²) in [5, 5.41) is 6.51. The molecule has 0 aromatic heterocycles. The van der Waals surface area contributed by atoms with Gasteiger partial charge in [0, 0.05) is 31.9 Å². The third-order valence-electron chi connectivity index (χ3n) is 4.67. The highest BCUT2D eigenvalue weighted by Crippen LogP contribution is 2.19. The molecule has 1 heterocycles. The molecule has 0 atom stereocenters. The number of hydrogen-bond acceptors (Lipinski definition) is 3. The lowest BCUT2D eigenvalue weighted by Gasteiger charge is -2.18. The van der Waals surface area contributed by atoms with E-state index < -0.39 is 12.8 Å². The molecule has 3 rings (SSSR count). The number of guanidine groups is 1. The molecule has 2 aromatic carbocycles. The molecule has 174 valence electrons. The molecule has 0 fully saturated rings. The lowest BCUT2D eigenvalue weighted by molar-refractivity contribution is -0.153. The van der Waals surface area contributed by atoms with Gasteiger partial charge in [-0.1, -0.05) is 36.4 Å². The average molecular weight is 560 g/mol. The topological polar surface area (TPSA) is 48.9 Å². The molecule has 5 nitrogen and oxygen atoms in total. The Bertz CT molecular complexity index is 876. The van der Waals surface area contributed by atoms with E-state index in [1.807, 2.05) is 6.92 Å². The van der Waals surface area contributed by atoms with Crippen LogP contribution >= 0.6 is 24.0 Å². The number of nitrogens with zero attached hydrogens (tertiary/aromatic N) is 2. The van der Waals surface area contributed by atoms with Crippen LogP contribution in [0.3, 0.4) is 0 Å². The van der Waals surface area contributed by atoms with Gasteiger partial charge in [-0.3, -0.25) is 0 Å². The maximum Gasteiger partial charge on any atom is 0.422 e. The Morgan fingerprint density at radius 1 is 0.969 bits per heavy atom. The molecular weight excluding hydrogens is 532 g/mol. The molecule has 1 aliphatic heterocycles. The molecule has 9 heteroatoms. The van der Waals surface area contributed by atoms with Crippen LogP contribution in [0.5, 0.6) is 5.75 Å². The van der Waals surface area contributed by atoms with Crippen LogP contribution in [0.1, 0.15) is 18.1 Å². The van der Waals surface area contributed by atoms with Crippen molar-refractivity contribution in [2.75, 3.05) is 31.1 Å². The zero-order valence-corrected chi connectivity index (χ0v) is 20.2. The van der Waals surface area contributed by atoms with Crippen molar-refractivity contribution < 1.29 is 17.9 Å². The summed E-state index contributed by atoms with van der Waals surface area (Å²) in [6, 6.07) is 14.9. The first-order chi connectivity index (χ1) is 14.9. The Balaban J connectivity index is 0.00000363. The highest BCUT2D eigenvalue weighted by atomic mass is 127. The number of rotatable bonds is 8. The Hall–Kier alpha value is -2.43. The molecule has 0 saturated carbocycles. The fourth-order valence-corrected chi connectivity index (χ4v) is 3.07. The van der Waals surface area contributed by atoms with E-state index >= 15 is 0 Å². The second kappa shape index (κ2) is 12.6. The molecule has 0 spiro atoms. The summed E-state index contributed by atoms with van der Waals surface area (Å²) in [5.41, 5.74) is 3.23. The largest absolute Gasteiger partial charge is 0.484 e. The van der Waals surface area contributed by atoms with Gasteiger partial charge in [0.2, 0.25) is 0 Å². The van der Waals surface area contributed by atoms with Crippen LogP contribution < -0.4 is 20.3 Å². The van der Waals surface area contributed by atoms with E-state index in [0.717, 1.165) is 30.8 Å². The first-order valence-corrected chi connectivity index (χ1v) is 10.2. The van der Waals surface area contributed by atoms with Gasteiger partial charge in [0.25, 0.3) is 0 Å². The second-order valence-electron chi connectivity index (χ2n) is 7.14. The number of benzene rings is 2. The third kappa shape index (κ3) is 8.60. The van der Waals surface area contributed by atoms with Gasteiger partial charge in [0.1, 0.15) is 5.75 Å². The van der Waals surface area contributed by atoms with Crippen molar-refractivity contribution in [3.63, 3.8) is 0 Å². The minimum atomic E-state index is -4.35. The van der Waals surface area contributed by atoms with Crippen LogP contribution in [0, 0.1) is 0 Å². The lowest BCUT2D eigenvalue weighted by atomic mass is 10.2. The molecule has 0 saturated heterocycles. The van der Waals surface area contributed by atoms with Crippen molar-refractivity contribution in [3.05, 3.63) is 71.8 Å². The van der Waals surface area contributed by atoms with Gasteiger partial charge in [0.15, 0.2) is 12.6 Å². The minimum absolute atomic E-state index is 0. The van der Waals surface area contributed by atoms with Gasteiger partial charge in [-0.05, 0) is 42.3 Å². The van der Waals surface area contributed by atoms with Crippen molar-refractivity contribution in [1.82, 2.24) is 10.6 Å². The van der Waals surface area contributed by atoms with Crippen molar-refractivity contribution in [3.8, 4) is 5.75 Å². The molecule has 0 bridgehead atoms. The van der Waals surface area contributed by atoms with Crippen LogP contribution in [0.2, 0.25) is 0 Å². The fourth-order valence-electron chi connectivity index (χ4n) is 3.07. The van der Waals surface area contributed by atoms with Gasteiger partial charge in [0.05, 0.1) is 6.54 Å². The third-order valence-corrected chi connectivity index (χ3v) is 4.67. The van der Waals surface area contributed by atoms with E-state index in [-0.39, 0.29) is 29.7 Å². The monoisotopic (exact) mass is 560 g/mol. The average Bonchev–Trinajstić information content (AvgIpc) is 3.30. The minimum Gasteiger partial charge on any atom is -0.484 e. The Kier molecular flexibility index (Phi) is 10.1. The van der Waals surface area contributed by atoms with E-state index in [0.29, 0.717) is 19.0 Å². The smallest absolute Gasteiger partial charge is 0.422 e. The van der Waals surface area contributed by atoms with Gasteiger partial charge in [-0.2, -0.15) is 13.2 Å². The molecule has 2 N–H and O–H groups in total. The van der Waals surface area contributed by atoms with E-state index in [1.54, 1.807) is 12.1 Å². The summed E-state index contributed by atoms with van der Waals surface area (Å²) in [6.45, 7) is 4.34. The van der Waals surface area contributed by atoms with Gasteiger partial charge < -0.3 is 20.3 Å². The molecule has 0 amide bonds. The summed E-state index contributed by atoms with van der Waals surface area (Å²) >= 11 is 0. The van der Waals surface area contributed by atoms with E-state index in [1.165, 1.54) is 17.8 Å². The number of hydrogen-bond donors (Lipinski definition) is 2. The first kappa shape index (κ1) is 25.8. The van der Waals surface area contributed by atoms with Crippen molar-refractivity contribution in [1.29, 1.82) is 0 Å². The van der Waals surface area contributed by atoms with Crippen molar-refractivity contribution >= 4 is 35.6 Å². The highest BCUT2D eigenvalue weighted by Gasteiger charge is 2.28. The van der Waals surface area contributed by atoms with Gasteiger partial charge >= 0.3 is 6.18 Å². The summed E-state index contributed by atoms with van der Waals surface area (Å²) in [6.07, 6.45) is -0.0173. The number of ether oxygens (including phenoxy) is 1. The number of aliphatic imine (C=N–C) groups is 1. The van der Waals surface area contributed by atoms with Crippen LogP contribution in [0.4, 0.5) is 18.9 Å². The number of anilines is 1. The maximum absolute atomic E-state index is 12.2. The Morgan fingerprint density at radius 3 is 2.19 bits per heavy atom. The lowest BCUT2D eigenvalue weighted by Crippen LogP contribution is -2.36. The molecule has 0 aliphatic carbocycles. The maximum atomic E-state index is 12.2. The summed E-state index contributed by atoms with van der Waals surface area (Å²) in [7, 11) is 0. The van der Waals surface area contributed by atoms with Crippen molar-refractivity contribution in [2.45, 2.75) is 26.2 Å². The van der Waals surface area contributed by atoms with Crippen LogP contribution in [-0.4, -0.2) is 38.4 Å². The SMILES string of the molecule is CCNC(=NCc1ccc(OCC(F)(F)F)cc1)NCc1ccc(N2CC=CC2)cc1.I. The second-order valence-corrected chi connectivity index (χ2v) is 7.14. The summed E-state index contributed by atoms with van der Waals surface area (Å²) < 4.78 is 41.4. The molecular formula is C23H28F3IN4O. The molecule has 2 aromatic rings. The predicted molar refractivity (Wildman–Crippen MR) is 133 cm³/mol. The van der Waals surface area contributed by atoms with E-state index in [4.69, 9.17) is 4.74 Å². The summed E-state index contributed by atoms with van der Waals surface area (Å²) in [5.74, 6) is 0.857. The number of halogens is 4. The normalized spacial score (nSPS) is 13.6. The zero-order valence-electron chi connectivity index (χ0n) is 17.9. The highest BCUT2D eigenvalue weighted by molar-refractivity contribution is 14.0. The molecule has 0 radical (unpaired) electrons. The zero-order chi connectivity index (χ0) is 22.1. The molecule has 32 heavy (non-hydrogen) atoms. The van der Waals surface area contributed by atoms with E-state index in [2.05, 4.69) is 56.9 Å². The Labute approximate surface area is 203 Å². The van der Waals surface area contributed by atoms with Gasteiger partial charge in [-0.15, -0.1) is 24.0 Å². The number of alkyl halides is 3. The Morgan fingerprint density at radius 2 is 1.59 bits per heavy atom. The fraction of sp³-hybridized carbons (Fsp3) is 0.348. The predicted octanol–water partition coefficient (Wildman–Crippen LogP) is 4.88. The van der Waals surface area contributed by atoms with Crippen LogP contribution in [-0.2, 0) is 13.1 Å². The molecule has 1 aliphatic rings. The van der Waals surface area contributed by atoms with Gasteiger partial charge in [-0.25, -0.2) is 4.99 Å².